The summed E-state index contributed by atoms with van der Waals surface area (Å²) in [5.41, 5.74) is 4.73. The minimum absolute atomic E-state index is 0.363. The zero-order chi connectivity index (χ0) is 21.3. The molecule has 0 aromatic heterocycles. The molecule has 1 amide bonds. The highest BCUT2D eigenvalue weighted by molar-refractivity contribution is 9.10. The molecule has 0 atom stereocenters. The van der Waals surface area contributed by atoms with E-state index in [4.69, 9.17) is 14.2 Å². The van der Waals surface area contributed by atoms with Gasteiger partial charge in [-0.05, 0) is 47.5 Å². The van der Waals surface area contributed by atoms with Crippen molar-refractivity contribution in [3.63, 3.8) is 0 Å². The molecule has 0 saturated carbocycles. The number of benzene rings is 3. The van der Waals surface area contributed by atoms with Crippen molar-refractivity contribution in [1.29, 1.82) is 0 Å². The van der Waals surface area contributed by atoms with Crippen LogP contribution in [0.25, 0.3) is 0 Å². The molecule has 0 radical (unpaired) electrons. The van der Waals surface area contributed by atoms with Crippen molar-refractivity contribution in [2.24, 2.45) is 5.10 Å². The Hall–Kier alpha value is -3.32. The molecule has 6 nitrogen and oxygen atoms in total. The first-order valence-corrected chi connectivity index (χ1v) is 9.91. The largest absolute Gasteiger partial charge is 0.497 e. The summed E-state index contributed by atoms with van der Waals surface area (Å²) in [5, 5.41) is 4.03. The van der Waals surface area contributed by atoms with Gasteiger partial charge < -0.3 is 14.2 Å². The second-order valence-electron chi connectivity index (χ2n) is 6.25. The number of carbonyl (C=O) groups excluding carboxylic acids is 1. The first-order valence-electron chi connectivity index (χ1n) is 9.12. The van der Waals surface area contributed by atoms with E-state index in [-0.39, 0.29) is 5.91 Å². The van der Waals surface area contributed by atoms with Gasteiger partial charge in [-0.2, -0.15) is 5.10 Å². The highest BCUT2D eigenvalue weighted by Gasteiger charge is 2.12. The van der Waals surface area contributed by atoms with Crippen LogP contribution in [-0.4, -0.2) is 26.3 Å². The number of carbonyl (C=O) groups is 1. The van der Waals surface area contributed by atoms with E-state index in [0.29, 0.717) is 29.4 Å². The molecule has 0 aliphatic rings. The SMILES string of the molecule is COc1ccc(C(=O)NN=Cc2cccc(OCc3ccc(Br)cc3)c2)c(OC)c1. The van der Waals surface area contributed by atoms with Gasteiger partial charge in [0.25, 0.3) is 5.91 Å². The van der Waals surface area contributed by atoms with Crippen molar-refractivity contribution in [3.8, 4) is 17.2 Å². The lowest BCUT2D eigenvalue weighted by Crippen LogP contribution is -2.18. The van der Waals surface area contributed by atoms with E-state index in [1.165, 1.54) is 7.11 Å². The van der Waals surface area contributed by atoms with Gasteiger partial charge in [0, 0.05) is 10.5 Å². The van der Waals surface area contributed by atoms with E-state index in [9.17, 15) is 4.79 Å². The molecule has 3 aromatic carbocycles. The van der Waals surface area contributed by atoms with Crippen LogP contribution in [0, 0.1) is 0 Å². The molecule has 30 heavy (non-hydrogen) atoms. The van der Waals surface area contributed by atoms with Crippen LogP contribution in [0.1, 0.15) is 21.5 Å². The molecule has 3 aromatic rings. The Bertz CT molecular complexity index is 1040. The number of hydrogen-bond acceptors (Lipinski definition) is 5. The van der Waals surface area contributed by atoms with Crippen LogP contribution >= 0.6 is 15.9 Å². The molecule has 0 unspecified atom stereocenters. The van der Waals surface area contributed by atoms with Gasteiger partial charge in [-0.15, -0.1) is 0 Å². The number of hydrazone groups is 1. The lowest BCUT2D eigenvalue weighted by Gasteiger charge is -2.09. The van der Waals surface area contributed by atoms with Crippen molar-refractivity contribution in [2.75, 3.05) is 14.2 Å². The van der Waals surface area contributed by atoms with Gasteiger partial charge in [0.1, 0.15) is 23.9 Å². The maximum Gasteiger partial charge on any atom is 0.275 e. The molecule has 0 heterocycles. The summed E-state index contributed by atoms with van der Waals surface area (Å²) in [5.74, 6) is 1.34. The zero-order valence-corrected chi connectivity index (χ0v) is 18.2. The maximum absolute atomic E-state index is 12.4. The van der Waals surface area contributed by atoms with E-state index < -0.39 is 0 Å². The summed E-state index contributed by atoms with van der Waals surface area (Å²) in [6.07, 6.45) is 1.56. The predicted molar refractivity (Wildman–Crippen MR) is 120 cm³/mol. The Labute approximate surface area is 183 Å². The molecule has 3 rings (SSSR count). The van der Waals surface area contributed by atoms with Crippen LogP contribution in [0.5, 0.6) is 17.2 Å². The fraction of sp³-hybridized carbons (Fsp3) is 0.130. The summed E-state index contributed by atoms with van der Waals surface area (Å²) in [4.78, 5) is 12.4. The van der Waals surface area contributed by atoms with E-state index >= 15 is 0 Å². The highest BCUT2D eigenvalue weighted by atomic mass is 79.9. The minimum atomic E-state index is -0.381. The Kier molecular flexibility index (Phi) is 7.45. The summed E-state index contributed by atoms with van der Waals surface area (Å²) in [7, 11) is 3.05. The Morgan fingerprint density at radius 1 is 1.00 bits per heavy atom. The van der Waals surface area contributed by atoms with E-state index in [1.807, 2.05) is 48.5 Å². The maximum atomic E-state index is 12.4. The predicted octanol–water partition coefficient (Wildman–Crippen LogP) is 4.81. The van der Waals surface area contributed by atoms with Crippen molar-refractivity contribution in [3.05, 3.63) is 87.9 Å². The van der Waals surface area contributed by atoms with Gasteiger partial charge in [-0.25, -0.2) is 5.43 Å². The van der Waals surface area contributed by atoms with Crippen molar-refractivity contribution >= 4 is 28.1 Å². The number of amides is 1. The number of methoxy groups -OCH3 is 2. The Morgan fingerprint density at radius 2 is 1.80 bits per heavy atom. The topological polar surface area (TPSA) is 69.2 Å². The summed E-state index contributed by atoms with van der Waals surface area (Å²) in [6.45, 7) is 0.460. The van der Waals surface area contributed by atoms with E-state index in [0.717, 1.165) is 15.6 Å². The standard InChI is InChI=1S/C23H21BrN2O4/c1-28-19-10-11-21(22(13-19)29-2)23(27)26-25-14-17-4-3-5-20(12-17)30-15-16-6-8-18(24)9-7-16/h3-14H,15H2,1-2H3,(H,26,27). The molecule has 0 fully saturated rings. The van der Waals surface area contributed by atoms with Gasteiger partial charge in [0.15, 0.2) is 0 Å². The number of ether oxygens (including phenoxy) is 3. The third kappa shape index (κ3) is 5.84. The number of nitrogens with zero attached hydrogens (tertiary/aromatic N) is 1. The van der Waals surface area contributed by atoms with Gasteiger partial charge in [-0.1, -0.05) is 40.2 Å². The van der Waals surface area contributed by atoms with Crippen LogP contribution < -0.4 is 19.6 Å². The fourth-order valence-corrected chi connectivity index (χ4v) is 2.91. The number of hydrogen-bond donors (Lipinski definition) is 1. The Balaban J connectivity index is 1.60. The van der Waals surface area contributed by atoms with Crippen LogP contribution in [0.15, 0.2) is 76.3 Å². The molecular formula is C23H21BrN2O4. The molecule has 0 aliphatic carbocycles. The molecule has 0 aliphatic heterocycles. The normalized spacial score (nSPS) is 10.6. The lowest BCUT2D eigenvalue weighted by molar-refractivity contribution is 0.0952. The third-order valence-corrected chi connectivity index (χ3v) is 4.74. The van der Waals surface area contributed by atoms with Gasteiger partial charge >= 0.3 is 0 Å². The summed E-state index contributed by atoms with van der Waals surface area (Å²) in [6, 6.07) is 20.4. The molecule has 1 N–H and O–H groups in total. The first-order chi connectivity index (χ1) is 14.6. The van der Waals surface area contributed by atoms with Gasteiger partial charge in [-0.3, -0.25) is 4.79 Å². The summed E-state index contributed by atoms with van der Waals surface area (Å²) >= 11 is 3.42. The minimum Gasteiger partial charge on any atom is -0.497 e. The first kappa shape index (κ1) is 21.4. The lowest BCUT2D eigenvalue weighted by atomic mass is 10.2. The van der Waals surface area contributed by atoms with Crippen LogP contribution in [0.2, 0.25) is 0 Å². The highest BCUT2D eigenvalue weighted by Crippen LogP contribution is 2.24. The van der Waals surface area contributed by atoms with Crippen LogP contribution in [0.3, 0.4) is 0 Å². The molecule has 0 bridgehead atoms. The fourth-order valence-electron chi connectivity index (χ4n) is 2.64. The smallest absolute Gasteiger partial charge is 0.275 e. The van der Waals surface area contributed by atoms with E-state index in [2.05, 4.69) is 26.5 Å². The average molecular weight is 469 g/mol. The van der Waals surface area contributed by atoms with Crippen molar-refractivity contribution in [1.82, 2.24) is 5.43 Å². The van der Waals surface area contributed by atoms with Crippen LogP contribution in [-0.2, 0) is 6.61 Å². The third-order valence-electron chi connectivity index (χ3n) is 4.21. The second kappa shape index (κ2) is 10.5. The molecule has 0 spiro atoms. The van der Waals surface area contributed by atoms with Crippen molar-refractivity contribution in [2.45, 2.75) is 6.61 Å². The zero-order valence-electron chi connectivity index (χ0n) is 16.6. The van der Waals surface area contributed by atoms with Crippen molar-refractivity contribution < 1.29 is 19.0 Å². The van der Waals surface area contributed by atoms with Gasteiger partial charge in [0.05, 0.1) is 26.0 Å². The monoisotopic (exact) mass is 468 g/mol. The quantitative estimate of drug-likeness (QED) is 0.380. The van der Waals surface area contributed by atoms with E-state index in [1.54, 1.807) is 31.5 Å². The number of rotatable bonds is 8. The number of halogens is 1. The Morgan fingerprint density at radius 3 is 2.53 bits per heavy atom. The second-order valence-corrected chi connectivity index (χ2v) is 7.17. The molecular weight excluding hydrogens is 448 g/mol. The summed E-state index contributed by atoms with van der Waals surface area (Å²) < 4.78 is 17.2. The molecule has 0 saturated heterocycles. The van der Waals surface area contributed by atoms with Gasteiger partial charge in [0.2, 0.25) is 0 Å². The molecule has 154 valence electrons. The molecule has 7 heteroatoms. The number of nitrogens with one attached hydrogen (secondary N) is 1. The average Bonchev–Trinajstić information content (AvgIpc) is 2.78. The van der Waals surface area contributed by atoms with Crippen LogP contribution in [0.4, 0.5) is 0 Å².